The van der Waals surface area contributed by atoms with Gasteiger partial charge in [0.15, 0.2) is 6.54 Å². The molecule has 2 rings (SSSR count). The van der Waals surface area contributed by atoms with Crippen molar-refractivity contribution in [3.63, 3.8) is 0 Å². The van der Waals surface area contributed by atoms with Crippen LogP contribution in [-0.4, -0.2) is 5.10 Å². The number of fused-ring (bicyclic) bond motifs is 1. The van der Waals surface area contributed by atoms with Crippen LogP contribution >= 0.6 is 0 Å². The lowest BCUT2D eigenvalue weighted by molar-refractivity contribution is -0.726. The van der Waals surface area contributed by atoms with Crippen LogP contribution in [-0.2, 0) is 6.54 Å². The molecule has 0 bridgehead atoms. The van der Waals surface area contributed by atoms with Crippen LogP contribution in [0.5, 0.6) is 0 Å². The molecule has 60 valence electrons. The molecule has 12 heavy (non-hydrogen) atoms. The zero-order valence-electron chi connectivity index (χ0n) is 7.07. The number of para-hydroxylation sites is 1. The minimum atomic E-state index is 0.918. The van der Waals surface area contributed by atoms with E-state index in [1.165, 1.54) is 10.9 Å². The summed E-state index contributed by atoms with van der Waals surface area (Å²) in [5.41, 5.74) is 1.20. The van der Waals surface area contributed by atoms with E-state index in [2.05, 4.69) is 24.2 Å². The minimum Gasteiger partial charge on any atom is -0.0840 e. The summed E-state index contributed by atoms with van der Waals surface area (Å²) in [7, 11) is 0. The standard InChI is InChI=1S/C10H11N2/c1-2-12-10-6-4-3-5-9(10)7-8-11-12/h3-8H,2H2,1H3/q+1. The molecule has 0 radical (unpaired) electrons. The molecule has 0 saturated carbocycles. The lowest BCUT2D eigenvalue weighted by Crippen LogP contribution is -2.37. The quantitative estimate of drug-likeness (QED) is 0.577. The Labute approximate surface area is 71.5 Å². The number of nitrogens with zero attached hydrogens (tertiary/aromatic N) is 2. The fourth-order valence-corrected chi connectivity index (χ4v) is 1.37. The monoisotopic (exact) mass is 159 g/mol. The minimum absolute atomic E-state index is 0.918. The molecule has 2 aromatic rings. The maximum Gasteiger partial charge on any atom is 0.239 e. The molecule has 0 aliphatic rings. The average molecular weight is 159 g/mol. The summed E-state index contributed by atoms with van der Waals surface area (Å²) in [4.78, 5) is 0. The Hall–Kier alpha value is -1.44. The Kier molecular flexibility index (Phi) is 1.74. The summed E-state index contributed by atoms with van der Waals surface area (Å²) < 4.78 is 2.00. The van der Waals surface area contributed by atoms with Crippen LogP contribution in [0.2, 0.25) is 0 Å². The molecule has 0 amide bonds. The second-order valence-electron chi connectivity index (χ2n) is 2.71. The van der Waals surface area contributed by atoms with Crippen molar-refractivity contribution in [3.05, 3.63) is 36.5 Å². The third-order valence-electron chi connectivity index (χ3n) is 1.97. The van der Waals surface area contributed by atoms with Gasteiger partial charge in [0.1, 0.15) is 0 Å². The second kappa shape index (κ2) is 2.89. The fraction of sp³-hybridized carbons (Fsp3) is 0.200. The van der Waals surface area contributed by atoms with Crippen molar-refractivity contribution in [1.29, 1.82) is 0 Å². The smallest absolute Gasteiger partial charge is 0.0840 e. The van der Waals surface area contributed by atoms with E-state index in [1.54, 1.807) is 0 Å². The molecule has 0 aliphatic carbocycles. The summed E-state index contributed by atoms with van der Waals surface area (Å²) in [6.45, 7) is 3.01. The Morgan fingerprint density at radius 1 is 1.25 bits per heavy atom. The number of hydrogen-bond donors (Lipinski definition) is 0. The van der Waals surface area contributed by atoms with E-state index < -0.39 is 0 Å². The molecule has 0 unspecified atom stereocenters. The van der Waals surface area contributed by atoms with Crippen LogP contribution in [0.4, 0.5) is 0 Å². The summed E-state index contributed by atoms with van der Waals surface area (Å²) in [5.74, 6) is 0. The highest BCUT2D eigenvalue weighted by atomic mass is 15.3. The largest absolute Gasteiger partial charge is 0.239 e. The summed E-state index contributed by atoms with van der Waals surface area (Å²) in [6.07, 6.45) is 1.84. The van der Waals surface area contributed by atoms with Gasteiger partial charge in [-0.25, -0.2) is 0 Å². The number of rotatable bonds is 1. The van der Waals surface area contributed by atoms with Crippen LogP contribution in [0.15, 0.2) is 36.5 Å². The van der Waals surface area contributed by atoms with Gasteiger partial charge in [-0.3, -0.25) is 0 Å². The average Bonchev–Trinajstić information content (AvgIpc) is 2.17. The number of aryl methyl sites for hydroxylation is 1. The van der Waals surface area contributed by atoms with Crippen LogP contribution in [0.1, 0.15) is 6.92 Å². The Balaban J connectivity index is 2.79. The van der Waals surface area contributed by atoms with Gasteiger partial charge in [-0.15, -0.1) is 0 Å². The lowest BCUT2D eigenvalue weighted by atomic mass is 10.2. The van der Waals surface area contributed by atoms with Gasteiger partial charge < -0.3 is 0 Å². The van der Waals surface area contributed by atoms with Gasteiger partial charge in [0, 0.05) is 6.07 Å². The van der Waals surface area contributed by atoms with Crippen molar-refractivity contribution in [2.45, 2.75) is 13.5 Å². The SMILES string of the molecule is CC[n+]1nccc2ccccc21. The van der Waals surface area contributed by atoms with E-state index >= 15 is 0 Å². The van der Waals surface area contributed by atoms with E-state index in [0.717, 1.165) is 6.54 Å². The zero-order chi connectivity index (χ0) is 8.39. The molecule has 0 aliphatic heterocycles. The van der Waals surface area contributed by atoms with E-state index in [4.69, 9.17) is 0 Å². The normalized spacial score (nSPS) is 10.4. The Morgan fingerprint density at radius 3 is 2.92 bits per heavy atom. The van der Waals surface area contributed by atoms with Crippen LogP contribution in [0, 0.1) is 0 Å². The van der Waals surface area contributed by atoms with E-state index in [1.807, 2.05) is 29.1 Å². The van der Waals surface area contributed by atoms with Gasteiger partial charge in [0.2, 0.25) is 5.52 Å². The molecule has 0 atom stereocenters. The maximum atomic E-state index is 4.24. The van der Waals surface area contributed by atoms with Gasteiger partial charge in [0.05, 0.1) is 11.6 Å². The molecule has 2 heteroatoms. The maximum absolute atomic E-state index is 4.24. The highest BCUT2D eigenvalue weighted by molar-refractivity contribution is 5.74. The predicted molar refractivity (Wildman–Crippen MR) is 47.6 cm³/mol. The first-order valence-corrected chi connectivity index (χ1v) is 4.15. The Morgan fingerprint density at radius 2 is 2.08 bits per heavy atom. The van der Waals surface area contributed by atoms with Crippen molar-refractivity contribution in [1.82, 2.24) is 5.10 Å². The topological polar surface area (TPSA) is 16.8 Å². The highest BCUT2D eigenvalue weighted by Crippen LogP contribution is 2.06. The van der Waals surface area contributed by atoms with Crippen molar-refractivity contribution >= 4 is 10.9 Å². The molecule has 1 heterocycles. The van der Waals surface area contributed by atoms with Crippen LogP contribution in [0.3, 0.4) is 0 Å². The van der Waals surface area contributed by atoms with E-state index in [0.29, 0.717) is 0 Å². The first-order valence-electron chi connectivity index (χ1n) is 4.15. The van der Waals surface area contributed by atoms with Crippen molar-refractivity contribution in [2.24, 2.45) is 0 Å². The molecule has 1 aromatic carbocycles. The molecule has 0 fully saturated rings. The molecule has 0 spiro atoms. The molecular weight excluding hydrogens is 148 g/mol. The number of hydrogen-bond acceptors (Lipinski definition) is 1. The summed E-state index contributed by atoms with van der Waals surface area (Å²) in [6, 6.07) is 10.3. The Bertz CT molecular complexity index is 390. The molecule has 0 saturated heterocycles. The van der Waals surface area contributed by atoms with Crippen molar-refractivity contribution < 1.29 is 4.68 Å². The number of aromatic nitrogens is 2. The predicted octanol–water partition coefficient (Wildman–Crippen LogP) is 1.54. The van der Waals surface area contributed by atoms with Gasteiger partial charge in [-0.05, 0) is 24.2 Å². The van der Waals surface area contributed by atoms with E-state index in [-0.39, 0.29) is 0 Å². The molecule has 2 nitrogen and oxygen atoms in total. The van der Waals surface area contributed by atoms with Gasteiger partial charge in [-0.2, -0.15) is 0 Å². The van der Waals surface area contributed by atoms with Crippen molar-refractivity contribution in [2.75, 3.05) is 0 Å². The zero-order valence-corrected chi connectivity index (χ0v) is 7.07. The molecule has 0 N–H and O–H groups in total. The first kappa shape index (κ1) is 7.22. The van der Waals surface area contributed by atoms with Gasteiger partial charge in [-0.1, -0.05) is 16.8 Å². The summed E-state index contributed by atoms with van der Waals surface area (Å²) in [5, 5.41) is 5.49. The third-order valence-corrected chi connectivity index (χ3v) is 1.97. The van der Waals surface area contributed by atoms with Crippen molar-refractivity contribution in [3.8, 4) is 0 Å². The second-order valence-corrected chi connectivity index (χ2v) is 2.71. The van der Waals surface area contributed by atoms with Gasteiger partial charge in [0.25, 0.3) is 0 Å². The first-order chi connectivity index (χ1) is 5.92. The lowest BCUT2D eigenvalue weighted by Gasteiger charge is -1.93. The van der Waals surface area contributed by atoms with Crippen LogP contribution < -0.4 is 4.68 Å². The summed E-state index contributed by atoms with van der Waals surface area (Å²) >= 11 is 0. The van der Waals surface area contributed by atoms with E-state index in [9.17, 15) is 0 Å². The third kappa shape index (κ3) is 1.05. The van der Waals surface area contributed by atoms with Crippen LogP contribution in [0.25, 0.3) is 10.9 Å². The number of benzene rings is 1. The fourth-order valence-electron chi connectivity index (χ4n) is 1.37. The van der Waals surface area contributed by atoms with Gasteiger partial charge >= 0.3 is 0 Å². The molecular formula is C10H11N2+. The molecule has 1 aromatic heterocycles. The highest BCUT2D eigenvalue weighted by Gasteiger charge is 2.04.